The lowest BCUT2D eigenvalue weighted by Crippen LogP contribution is -2.47. The van der Waals surface area contributed by atoms with Gasteiger partial charge in [0, 0.05) is 31.2 Å². The van der Waals surface area contributed by atoms with E-state index < -0.39 is 0 Å². The van der Waals surface area contributed by atoms with Gasteiger partial charge in [-0.1, -0.05) is 6.42 Å². The third kappa shape index (κ3) is 4.21. The van der Waals surface area contributed by atoms with Crippen LogP contribution in [0.25, 0.3) is 22.3 Å². The van der Waals surface area contributed by atoms with Crippen molar-refractivity contribution in [1.82, 2.24) is 25.2 Å². The van der Waals surface area contributed by atoms with Crippen LogP contribution >= 0.6 is 0 Å². The van der Waals surface area contributed by atoms with Crippen LogP contribution in [0.3, 0.4) is 0 Å². The van der Waals surface area contributed by atoms with Crippen LogP contribution in [0.15, 0.2) is 24.7 Å². The number of hydrogen-bond donors (Lipinski definition) is 2. The van der Waals surface area contributed by atoms with Gasteiger partial charge in [-0.05, 0) is 56.6 Å². The van der Waals surface area contributed by atoms with Crippen molar-refractivity contribution >= 4 is 22.8 Å². The van der Waals surface area contributed by atoms with Crippen molar-refractivity contribution in [3.63, 3.8) is 0 Å². The lowest BCUT2D eigenvalue weighted by atomic mass is 9.86. The summed E-state index contributed by atoms with van der Waals surface area (Å²) < 4.78 is 17.7. The molecule has 0 atom stereocenters. The maximum absolute atomic E-state index is 13.3. The molecule has 1 saturated heterocycles. The highest BCUT2D eigenvalue weighted by Crippen LogP contribution is 2.48. The monoisotopic (exact) mass is 517 g/mol. The number of carbonyl (C=O) groups is 2. The summed E-state index contributed by atoms with van der Waals surface area (Å²) in [5, 5.41) is 3.15. The zero-order valence-electron chi connectivity index (χ0n) is 21.2. The summed E-state index contributed by atoms with van der Waals surface area (Å²) in [5.41, 5.74) is 2.94. The van der Waals surface area contributed by atoms with Crippen LogP contribution in [0.5, 0.6) is 17.2 Å². The summed E-state index contributed by atoms with van der Waals surface area (Å²) in [6, 6.07) is 3.77. The zero-order chi connectivity index (χ0) is 25.6. The molecule has 2 aliphatic carbocycles. The molecule has 3 aromatic rings. The summed E-state index contributed by atoms with van der Waals surface area (Å²) in [4.78, 5) is 39.9. The van der Waals surface area contributed by atoms with Crippen molar-refractivity contribution in [2.75, 3.05) is 26.5 Å². The van der Waals surface area contributed by atoms with Crippen molar-refractivity contribution < 1.29 is 23.8 Å². The summed E-state index contributed by atoms with van der Waals surface area (Å²) in [6.07, 6.45) is 10.3. The zero-order valence-corrected chi connectivity index (χ0v) is 21.2. The van der Waals surface area contributed by atoms with Crippen molar-refractivity contribution in [2.24, 2.45) is 11.8 Å². The molecule has 2 amide bonds. The number of nitrogens with zero attached hydrogens (tertiary/aromatic N) is 3. The quantitative estimate of drug-likeness (QED) is 0.491. The van der Waals surface area contributed by atoms with E-state index in [4.69, 9.17) is 14.2 Å². The Kier molecular flexibility index (Phi) is 5.82. The number of carbonyl (C=O) groups excluding carboxylic acids is 2. The predicted octanol–water partition coefficient (Wildman–Crippen LogP) is 3.66. The first kappa shape index (κ1) is 23.3. The van der Waals surface area contributed by atoms with Gasteiger partial charge in [0.25, 0.3) is 5.91 Å². The molecule has 7 rings (SSSR count). The van der Waals surface area contributed by atoms with Crippen LogP contribution in [-0.4, -0.2) is 64.2 Å². The van der Waals surface area contributed by atoms with Gasteiger partial charge >= 0.3 is 0 Å². The van der Waals surface area contributed by atoms with Crippen LogP contribution in [0.4, 0.5) is 0 Å². The SMILES string of the molecule is O=C(NC1CCN(C(=O)C2CC2)CC1)c1c[nH]c2c(-c3c(OCC4CCC4)ccc4c3OCO4)ncnc12. The van der Waals surface area contributed by atoms with Crippen molar-refractivity contribution in [2.45, 2.75) is 51.0 Å². The number of likely N-dealkylation sites (tertiary alicyclic amines) is 1. The molecule has 0 spiro atoms. The van der Waals surface area contributed by atoms with Gasteiger partial charge in [0.2, 0.25) is 12.7 Å². The number of rotatable bonds is 7. The Labute approximate surface area is 220 Å². The first-order valence-electron chi connectivity index (χ1n) is 13.6. The Morgan fingerprint density at radius 2 is 1.92 bits per heavy atom. The van der Waals surface area contributed by atoms with E-state index in [0.29, 0.717) is 70.7 Å². The second kappa shape index (κ2) is 9.49. The van der Waals surface area contributed by atoms with Gasteiger partial charge in [-0.25, -0.2) is 9.97 Å². The van der Waals surface area contributed by atoms with Gasteiger partial charge in [-0.15, -0.1) is 0 Å². The smallest absolute Gasteiger partial charge is 0.255 e. The van der Waals surface area contributed by atoms with Crippen LogP contribution in [0.2, 0.25) is 0 Å². The average molecular weight is 518 g/mol. The van der Waals surface area contributed by atoms with Crippen LogP contribution in [-0.2, 0) is 4.79 Å². The summed E-state index contributed by atoms with van der Waals surface area (Å²) >= 11 is 0. The van der Waals surface area contributed by atoms with E-state index in [-0.39, 0.29) is 30.6 Å². The number of H-pyrrole nitrogens is 1. The molecule has 10 heteroatoms. The van der Waals surface area contributed by atoms with Crippen molar-refractivity contribution in [1.29, 1.82) is 0 Å². The normalized spacial score (nSPS) is 19.4. The van der Waals surface area contributed by atoms with E-state index in [2.05, 4.69) is 20.3 Å². The third-order valence-corrected chi connectivity index (χ3v) is 8.21. The lowest BCUT2D eigenvalue weighted by molar-refractivity contribution is -0.133. The predicted molar refractivity (Wildman–Crippen MR) is 138 cm³/mol. The highest BCUT2D eigenvalue weighted by molar-refractivity contribution is 6.08. The highest BCUT2D eigenvalue weighted by Gasteiger charge is 2.35. The Morgan fingerprint density at radius 1 is 1.08 bits per heavy atom. The van der Waals surface area contributed by atoms with Crippen LogP contribution in [0, 0.1) is 11.8 Å². The number of aromatic nitrogens is 3. The highest BCUT2D eigenvalue weighted by atomic mass is 16.7. The molecule has 198 valence electrons. The fourth-order valence-corrected chi connectivity index (χ4v) is 5.56. The van der Waals surface area contributed by atoms with E-state index in [1.54, 1.807) is 6.20 Å². The lowest BCUT2D eigenvalue weighted by Gasteiger charge is -2.32. The van der Waals surface area contributed by atoms with Gasteiger partial charge in [0.05, 0.1) is 23.3 Å². The average Bonchev–Trinajstić information content (AvgIpc) is 3.48. The summed E-state index contributed by atoms with van der Waals surface area (Å²) in [6.45, 7) is 2.15. The molecule has 2 aliphatic heterocycles. The number of hydrogen-bond acceptors (Lipinski definition) is 7. The molecular formula is C28H31N5O5. The molecule has 4 aliphatic rings. The Balaban J connectivity index is 1.13. The Morgan fingerprint density at radius 3 is 2.68 bits per heavy atom. The second-order valence-electron chi connectivity index (χ2n) is 10.8. The van der Waals surface area contributed by atoms with Gasteiger partial charge in [-0.2, -0.15) is 0 Å². The van der Waals surface area contributed by atoms with Crippen molar-refractivity contribution in [3.05, 3.63) is 30.2 Å². The number of aromatic amines is 1. The maximum Gasteiger partial charge on any atom is 0.255 e. The van der Waals surface area contributed by atoms with E-state index in [9.17, 15) is 9.59 Å². The molecule has 0 bridgehead atoms. The van der Waals surface area contributed by atoms with E-state index >= 15 is 0 Å². The molecule has 4 heterocycles. The van der Waals surface area contributed by atoms with E-state index in [0.717, 1.165) is 25.7 Å². The largest absolute Gasteiger partial charge is 0.492 e. The summed E-state index contributed by atoms with van der Waals surface area (Å²) in [5.74, 6) is 2.78. The van der Waals surface area contributed by atoms with E-state index in [1.807, 2.05) is 17.0 Å². The molecule has 1 aromatic carbocycles. The number of benzene rings is 1. The van der Waals surface area contributed by atoms with Gasteiger partial charge in [0.15, 0.2) is 11.5 Å². The molecule has 38 heavy (non-hydrogen) atoms. The van der Waals surface area contributed by atoms with Gasteiger partial charge < -0.3 is 29.4 Å². The van der Waals surface area contributed by atoms with E-state index in [1.165, 1.54) is 25.6 Å². The fourth-order valence-electron chi connectivity index (χ4n) is 5.56. The van der Waals surface area contributed by atoms with Crippen LogP contribution in [0.1, 0.15) is 55.3 Å². The summed E-state index contributed by atoms with van der Waals surface area (Å²) in [7, 11) is 0. The standard InChI is InChI=1S/C28H31N5O5/c34-27(32-18-8-10-33(11-9-18)28(35)17-4-5-17)19-12-29-25-23(19)30-14-31-24(25)22-20(36-13-16-2-1-3-16)6-7-21-26(22)38-15-37-21/h6-7,12,14,16-18,29H,1-5,8-11,13,15H2,(H,32,34). The molecular weight excluding hydrogens is 486 g/mol. The minimum atomic E-state index is -0.188. The van der Waals surface area contributed by atoms with Crippen LogP contribution < -0.4 is 19.5 Å². The molecule has 3 fully saturated rings. The minimum absolute atomic E-state index is 0.0199. The number of amides is 2. The minimum Gasteiger partial charge on any atom is -0.492 e. The topological polar surface area (TPSA) is 119 Å². The number of nitrogens with one attached hydrogen (secondary N) is 2. The molecule has 2 aromatic heterocycles. The van der Waals surface area contributed by atoms with Gasteiger partial charge in [-0.3, -0.25) is 9.59 Å². The Hall–Kier alpha value is -3.82. The first-order valence-corrected chi connectivity index (χ1v) is 13.6. The maximum atomic E-state index is 13.3. The first-order chi connectivity index (χ1) is 18.7. The molecule has 0 radical (unpaired) electrons. The fraction of sp³-hybridized carbons (Fsp3) is 0.500. The molecule has 2 saturated carbocycles. The molecule has 10 nitrogen and oxygen atoms in total. The van der Waals surface area contributed by atoms with Crippen molar-refractivity contribution in [3.8, 4) is 28.5 Å². The second-order valence-corrected chi connectivity index (χ2v) is 10.8. The number of fused-ring (bicyclic) bond motifs is 2. The number of piperidine rings is 1. The Bertz CT molecular complexity index is 1390. The third-order valence-electron chi connectivity index (χ3n) is 8.21. The molecule has 0 unspecified atom stereocenters. The number of ether oxygens (including phenoxy) is 3. The van der Waals surface area contributed by atoms with Gasteiger partial charge in [0.1, 0.15) is 23.3 Å². The molecule has 2 N–H and O–H groups in total.